The lowest BCUT2D eigenvalue weighted by atomic mass is 10.0. The predicted molar refractivity (Wildman–Crippen MR) is 86.5 cm³/mol. The third kappa shape index (κ3) is 2.01. The van der Waals surface area contributed by atoms with Crippen molar-refractivity contribution in [2.24, 2.45) is 0 Å². The number of carbonyl (C=O) groups excluding carboxylic acids is 2. The van der Waals surface area contributed by atoms with Crippen molar-refractivity contribution in [2.75, 3.05) is 11.9 Å². The van der Waals surface area contributed by atoms with Crippen molar-refractivity contribution in [1.29, 1.82) is 0 Å². The highest BCUT2D eigenvalue weighted by atomic mass is 32.2. The number of thioether (sulfide) groups is 1. The lowest BCUT2D eigenvalue weighted by molar-refractivity contribution is -0.384. The molecule has 0 bridgehead atoms. The number of thiocarbonyl (C=S) groups is 1. The Morgan fingerprint density at radius 3 is 2.59 bits per heavy atom. The fraction of sp³-hybridized carbons (Fsp3) is 0.154. The van der Waals surface area contributed by atoms with Crippen LogP contribution >= 0.6 is 24.0 Å². The average molecular weight is 335 g/mol. The summed E-state index contributed by atoms with van der Waals surface area (Å²) in [7, 11) is 1.57. The fourth-order valence-corrected chi connectivity index (χ4v) is 3.70. The van der Waals surface area contributed by atoms with Gasteiger partial charge in [-0.2, -0.15) is 0 Å². The fourth-order valence-electron chi connectivity index (χ4n) is 2.58. The van der Waals surface area contributed by atoms with Gasteiger partial charge in [0.25, 0.3) is 17.5 Å². The Kier molecular flexibility index (Phi) is 3.26. The van der Waals surface area contributed by atoms with Crippen molar-refractivity contribution in [1.82, 2.24) is 5.32 Å². The Morgan fingerprint density at radius 1 is 1.36 bits per heavy atom. The summed E-state index contributed by atoms with van der Waals surface area (Å²) in [4.78, 5) is 36.6. The van der Waals surface area contributed by atoms with Crippen molar-refractivity contribution in [3.05, 3.63) is 38.3 Å². The van der Waals surface area contributed by atoms with Crippen LogP contribution in [0.25, 0.3) is 5.57 Å². The van der Waals surface area contributed by atoms with Crippen LogP contribution in [0.4, 0.5) is 11.4 Å². The maximum atomic E-state index is 12.5. The Labute approximate surface area is 134 Å². The zero-order valence-corrected chi connectivity index (χ0v) is 13.1. The van der Waals surface area contributed by atoms with Crippen LogP contribution in [0.1, 0.15) is 11.1 Å². The second kappa shape index (κ2) is 4.89. The lowest BCUT2D eigenvalue weighted by Gasteiger charge is -2.11. The number of fused-ring (bicyclic) bond motifs is 1. The molecule has 2 aliphatic rings. The molecule has 0 spiro atoms. The summed E-state index contributed by atoms with van der Waals surface area (Å²) < 4.78 is 0.263. The zero-order chi connectivity index (χ0) is 16.2. The maximum absolute atomic E-state index is 12.5. The maximum Gasteiger partial charge on any atom is 0.270 e. The van der Waals surface area contributed by atoms with E-state index in [1.165, 1.54) is 17.0 Å². The van der Waals surface area contributed by atoms with Crippen molar-refractivity contribution in [2.45, 2.75) is 6.92 Å². The minimum atomic E-state index is -0.523. The van der Waals surface area contributed by atoms with Crippen LogP contribution in [0.3, 0.4) is 0 Å². The topological polar surface area (TPSA) is 92.6 Å². The smallest absolute Gasteiger partial charge is 0.270 e. The average Bonchev–Trinajstić information content (AvgIpc) is 2.88. The molecular weight excluding hydrogens is 326 g/mol. The Hall–Kier alpha value is -2.26. The summed E-state index contributed by atoms with van der Waals surface area (Å²) in [5.74, 6) is -0.829. The quantitative estimate of drug-likeness (QED) is 0.364. The van der Waals surface area contributed by atoms with Gasteiger partial charge in [-0.25, -0.2) is 0 Å². The molecule has 1 N–H and O–H groups in total. The van der Waals surface area contributed by atoms with Gasteiger partial charge in [-0.05, 0) is 12.5 Å². The van der Waals surface area contributed by atoms with Gasteiger partial charge in [0.2, 0.25) is 0 Å². The van der Waals surface area contributed by atoms with Crippen LogP contribution < -0.4 is 10.2 Å². The molecule has 1 aromatic rings. The van der Waals surface area contributed by atoms with Gasteiger partial charge in [0.1, 0.15) is 4.32 Å². The summed E-state index contributed by atoms with van der Waals surface area (Å²) in [5.41, 5.74) is 1.60. The molecule has 0 unspecified atom stereocenters. The van der Waals surface area contributed by atoms with Gasteiger partial charge in [0, 0.05) is 24.7 Å². The predicted octanol–water partition coefficient (Wildman–Crippen LogP) is 1.74. The minimum absolute atomic E-state index is 0.122. The summed E-state index contributed by atoms with van der Waals surface area (Å²) in [5, 5.41) is 13.5. The van der Waals surface area contributed by atoms with Crippen molar-refractivity contribution >= 4 is 57.1 Å². The number of nitrogens with one attached hydrogen (secondary N) is 1. The summed E-state index contributed by atoms with van der Waals surface area (Å²) >= 11 is 5.93. The van der Waals surface area contributed by atoms with Gasteiger partial charge in [0.15, 0.2) is 0 Å². The van der Waals surface area contributed by atoms with Gasteiger partial charge in [-0.1, -0.05) is 24.0 Å². The first kappa shape index (κ1) is 14.7. The van der Waals surface area contributed by atoms with Crippen molar-refractivity contribution in [3.8, 4) is 0 Å². The largest absolute Gasteiger partial charge is 0.310 e. The van der Waals surface area contributed by atoms with E-state index in [9.17, 15) is 19.7 Å². The van der Waals surface area contributed by atoms with Gasteiger partial charge < -0.3 is 10.2 Å². The number of likely N-dealkylation sites (N-methyl/N-ethyl adjacent to an activating group) is 1. The van der Waals surface area contributed by atoms with E-state index in [0.717, 1.165) is 11.8 Å². The van der Waals surface area contributed by atoms with Crippen molar-refractivity contribution < 1.29 is 14.5 Å². The number of aryl methyl sites for hydroxylation is 1. The molecule has 2 aliphatic heterocycles. The first-order chi connectivity index (χ1) is 10.3. The Balaban J connectivity index is 2.32. The normalized spacial score (nSPS) is 20.5. The molecule has 1 fully saturated rings. The first-order valence-corrected chi connectivity index (χ1v) is 7.38. The Bertz CT molecular complexity index is 816. The number of amides is 2. The SMILES string of the molecule is Cc1cc([N+](=O)[O-])cc2c1N(C)C(=O)C2=C1SC(=S)NC1=O. The second-order valence-corrected chi connectivity index (χ2v) is 6.52. The summed E-state index contributed by atoms with van der Waals surface area (Å²) in [6.45, 7) is 1.69. The Morgan fingerprint density at radius 2 is 2.05 bits per heavy atom. The molecule has 0 aliphatic carbocycles. The molecule has 7 nitrogen and oxygen atoms in total. The van der Waals surface area contributed by atoms with Crippen LogP contribution in [0.2, 0.25) is 0 Å². The van der Waals surface area contributed by atoms with E-state index in [-0.39, 0.29) is 26.4 Å². The molecule has 0 atom stereocenters. The zero-order valence-electron chi connectivity index (χ0n) is 11.5. The van der Waals surface area contributed by atoms with Gasteiger partial charge in [0.05, 0.1) is 21.1 Å². The van der Waals surface area contributed by atoms with Crippen LogP contribution in [0.5, 0.6) is 0 Å². The molecule has 0 aromatic heterocycles. The van der Waals surface area contributed by atoms with E-state index in [0.29, 0.717) is 16.8 Å². The number of hydrogen-bond acceptors (Lipinski definition) is 6. The van der Waals surface area contributed by atoms with Gasteiger partial charge >= 0.3 is 0 Å². The molecule has 1 aromatic carbocycles. The van der Waals surface area contributed by atoms with Crippen LogP contribution in [0.15, 0.2) is 17.0 Å². The number of benzene rings is 1. The number of hydrogen-bond donors (Lipinski definition) is 1. The van der Waals surface area contributed by atoms with Crippen LogP contribution in [-0.2, 0) is 9.59 Å². The van der Waals surface area contributed by atoms with E-state index in [2.05, 4.69) is 5.32 Å². The lowest BCUT2D eigenvalue weighted by Crippen LogP contribution is -2.23. The van der Waals surface area contributed by atoms with E-state index in [1.54, 1.807) is 14.0 Å². The highest BCUT2D eigenvalue weighted by Crippen LogP contribution is 2.45. The molecule has 0 radical (unpaired) electrons. The van der Waals surface area contributed by atoms with E-state index >= 15 is 0 Å². The molecule has 0 saturated carbocycles. The number of non-ortho nitro benzene ring substituents is 1. The van der Waals surface area contributed by atoms with E-state index in [1.807, 2.05) is 0 Å². The summed E-state index contributed by atoms with van der Waals surface area (Å²) in [6, 6.07) is 2.73. The molecule has 1 saturated heterocycles. The second-order valence-electron chi connectivity index (χ2n) is 4.83. The number of anilines is 1. The number of nitrogens with zero attached hydrogens (tertiary/aromatic N) is 2. The standard InChI is InChI=1S/C13H9N3O4S2/c1-5-3-6(16(19)20)4-7-8(12(18)15(2)9(5)7)10-11(17)14-13(21)22-10/h3-4H,1-2H3,(H,14,17,21). The van der Waals surface area contributed by atoms with Crippen molar-refractivity contribution in [3.63, 3.8) is 0 Å². The number of nitro groups is 1. The molecule has 2 heterocycles. The molecular formula is C13H9N3O4S2. The number of nitro benzene ring substituents is 1. The molecule has 112 valence electrons. The third-order valence-electron chi connectivity index (χ3n) is 3.46. The van der Waals surface area contributed by atoms with Crippen LogP contribution in [0, 0.1) is 17.0 Å². The number of rotatable bonds is 1. The molecule has 22 heavy (non-hydrogen) atoms. The van der Waals surface area contributed by atoms with E-state index < -0.39 is 10.8 Å². The van der Waals surface area contributed by atoms with E-state index in [4.69, 9.17) is 12.2 Å². The minimum Gasteiger partial charge on any atom is -0.310 e. The van der Waals surface area contributed by atoms with Crippen LogP contribution in [-0.4, -0.2) is 28.1 Å². The first-order valence-electron chi connectivity index (χ1n) is 6.16. The molecule has 2 amide bonds. The molecule has 9 heteroatoms. The highest BCUT2D eigenvalue weighted by Gasteiger charge is 2.39. The number of carbonyl (C=O) groups is 2. The van der Waals surface area contributed by atoms with Gasteiger partial charge in [-0.3, -0.25) is 19.7 Å². The van der Waals surface area contributed by atoms with Gasteiger partial charge in [-0.15, -0.1) is 0 Å². The monoisotopic (exact) mass is 335 g/mol. The third-order valence-corrected chi connectivity index (χ3v) is 4.70. The summed E-state index contributed by atoms with van der Waals surface area (Å²) in [6.07, 6.45) is 0. The molecule has 3 rings (SSSR count). The highest BCUT2D eigenvalue weighted by molar-refractivity contribution is 8.27.